The highest BCUT2D eigenvalue weighted by Gasteiger charge is 2.29. The minimum atomic E-state index is -3.69. The van der Waals surface area contributed by atoms with Gasteiger partial charge in [0.1, 0.15) is 28.6 Å². The lowest BCUT2D eigenvalue weighted by Gasteiger charge is -2.26. The van der Waals surface area contributed by atoms with Crippen LogP contribution in [0.1, 0.15) is 19.3 Å². The van der Waals surface area contributed by atoms with Gasteiger partial charge in [-0.05, 0) is 49.2 Å². The fourth-order valence-electron chi connectivity index (χ4n) is 3.47. The second-order valence-corrected chi connectivity index (χ2v) is 8.75. The molecule has 3 aromatic rings. The van der Waals surface area contributed by atoms with Crippen molar-refractivity contribution in [2.24, 2.45) is 0 Å². The first-order chi connectivity index (χ1) is 14.0. The Labute approximate surface area is 168 Å². The number of piperidine rings is 1. The molecule has 0 atom stereocenters. The average Bonchev–Trinajstić information content (AvgIpc) is 2.75. The van der Waals surface area contributed by atoms with Gasteiger partial charge in [-0.15, -0.1) is 0 Å². The summed E-state index contributed by atoms with van der Waals surface area (Å²) in [6, 6.07) is 9.06. The Morgan fingerprint density at radius 3 is 2.62 bits per heavy atom. The summed E-state index contributed by atoms with van der Waals surface area (Å²) in [6.45, 7) is 0.998. The lowest BCUT2D eigenvalue weighted by atomic mass is 10.2. The Balaban J connectivity index is 1.73. The van der Waals surface area contributed by atoms with Gasteiger partial charge in [0.2, 0.25) is 10.0 Å². The van der Waals surface area contributed by atoms with Crippen LogP contribution in [-0.4, -0.2) is 42.9 Å². The second-order valence-electron chi connectivity index (χ2n) is 6.84. The molecule has 0 radical (unpaired) electrons. The maximum absolute atomic E-state index is 13.7. The van der Waals surface area contributed by atoms with Crippen molar-refractivity contribution in [1.29, 1.82) is 0 Å². The molecule has 2 heterocycles. The topological polar surface area (TPSA) is 84.4 Å². The van der Waals surface area contributed by atoms with Crippen LogP contribution in [0.4, 0.5) is 15.9 Å². The molecule has 0 spiro atoms. The van der Waals surface area contributed by atoms with Crippen molar-refractivity contribution in [1.82, 2.24) is 14.3 Å². The van der Waals surface area contributed by atoms with Crippen molar-refractivity contribution in [3.05, 3.63) is 48.5 Å². The van der Waals surface area contributed by atoms with E-state index in [1.165, 1.54) is 35.9 Å². The van der Waals surface area contributed by atoms with E-state index < -0.39 is 15.8 Å². The third-order valence-corrected chi connectivity index (χ3v) is 6.88. The van der Waals surface area contributed by atoms with E-state index in [2.05, 4.69) is 15.3 Å². The van der Waals surface area contributed by atoms with E-state index in [9.17, 15) is 12.8 Å². The van der Waals surface area contributed by atoms with Gasteiger partial charge in [0.15, 0.2) is 0 Å². The van der Waals surface area contributed by atoms with E-state index in [1.54, 1.807) is 18.2 Å². The number of sulfonamides is 1. The van der Waals surface area contributed by atoms with E-state index in [4.69, 9.17) is 4.74 Å². The molecule has 1 fully saturated rings. The van der Waals surface area contributed by atoms with Gasteiger partial charge in [0, 0.05) is 24.2 Å². The molecule has 7 nitrogen and oxygen atoms in total. The first-order valence-corrected chi connectivity index (χ1v) is 10.8. The normalized spacial score (nSPS) is 15.4. The van der Waals surface area contributed by atoms with Crippen molar-refractivity contribution in [2.75, 3.05) is 25.5 Å². The molecule has 4 rings (SSSR count). The number of halogens is 1. The van der Waals surface area contributed by atoms with Gasteiger partial charge in [0.25, 0.3) is 0 Å². The zero-order chi connectivity index (χ0) is 20.4. The zero-order valence-corrected chi connectivity index (χ0v) is 16.7. The first-order valence-electron chi connectivity index (χ1n) is 9.34. The molecule has 1 aliphatic rings. The number of nitrogens with zero attached hydrogens (tertiary/aromatic N) is 3. The van der Waals surface area contributed by atoms with Gasteiger partial charge < -0.3 is 10.1 Å². The average molecular weight is 416 g/mol. The minimum Gasteiger partial charge on any atom is -0.495 e. The summed E-state index contributed by atoms with van der Waals surface area (Å²) in [4.78, 5) is 8.41. The predicted molar refractivity (Wildman–Crippen MR) is 108 cm³/mol. The highest BCUT2D eigenvalue weighted by atomic mass is 32.2. The molecule has 0 saturated carbocycles. The molecule has 152 valence electrons. The summed E-state index contributed by atoms with van der Waals surface area (Å²) in [5.41, 5.74) is 1.09. The number of ether oxygens (including phenoxy) is 1. The zero-order valence-electron chi connectivity index (χ0n) is 15.9. The summed E-state index contributed by atoms with van der Waals surface area (Å²) >= 11 is 0. The van der Waals surface area contributed by atoms with Crippen molar-refractivity contribution < 1.29 is 17.5 Å². The van der Waals surface area contributed by atoms with E-state index in [1.807, 2.05) is 0 Å². The van der Waals surface area contributed by atoms with Crippen LogP contribution in [0.2, 0.25) is 0 Å². The van der Waals surface area contributed by atoms with Gasteiger partial charge >= 0.3 is 0 Å². The molecule has 0 amide bonds. The van der Waals surface area contributed by atoms with Crippen LogP contribution in [0.5, 0.6) is 5.75 Å². The van der Waals surface area contributed by atoms with Gasteiger partial charge in [-0.2, -0.15) is 4.31 Å². The number of fused-ring (bicyclic) bond motifs is 1. The van der Waals surface area contributed by atoms with Gasteiger partial charge in [-0.25, -0.2) is 22.8 Å². The van der Waals surface area contributed by atoms with Crippen LogP contribution in [0, 0.1) is 5.82 Å². The summed E-state index contributed by atoms with van der Waals surface area (Å²) in [6.07, 6.45) is 4.09. The monoisotopic (exact) mass is 416 g/mol. The quantitative estimate of drug-likeness (QED) is 0.683. The maximum Gasteiger partial charge on any atom is 0.246 e. The molecule has 1 N–H and O–H groups in total. The van der Waals surface area contributed by atoms with E-state index >= 15 is 0 Å². The highest BCUT2D eigenvalue weighted by molar-refractivity contribution is 7.89. The van der Waals surface area contributed by atoms with Gasteiger partial charge in [-0.1, -0.05) is 6.42 Å². The third kappa shape index (κ3) is 3.88. The van der Waals surface area contributed by atoms with Crippen LogP contribution in [0.3, 0.4) is 0 Å². The lowest BCUT2D eigenvalue weighted by molar-refractivity contribution is 0.343. The van der Waals surface area contributed by atoms with Crippen LogP contribution in [0.25, 0.3) is 10.9 Å². The van der Waals surface area contributed by atoms with Crippen molar-refractivity contribution >= 4 is 32.4 Å². The van der Waals surface area contributed by atoms with E-state index in [-0.39, 0.29) is 10.6 Å². The van der Waals surface area contributed by atoms with Crippen molar-refractivity contribution in [3.8, 4) is 5.75 Å². The Kier molecular flexibility index (Phi) is 5.33. The SMILES string of the molecule is COc1ccc(Nc2ncnc3ccc(F)cc23)cc1S(=O)(=O)N1CCCCC1. The molecule has 1 aliphatic heterocycles. The fourth-order valence-corrected chi connectivity index (χ4v) is 5.16. The molecule has 2 aromatic carbocycles. The Bertz CT molecular complexity index is 1150. The summed E-state index contributed by atoms with van der Waals surface area (Å²) in [7, 11) is -2.25. The maximum atomic E-state index is 13.7. The number of hydrogen-bond acceptors (Lipinski definition) is 6. The third-order valence-electron chi connectivity index (χ3n) is 4.96. The van der Waals surface area contributed by atoms with Crippen molar-refractivity contribution in [2.45, 2.75) is 24.2 Å². The first kappa shape index (κ1) is 19.5. The number of rotatable bonds is 5. The highest BCUT2D eigenvalue weighted by Crippen LogP contribution is 2.33. The number of nitrogens with one attached hydrogen (secondary N) is 1. The number of hydrogen-bond donors (Lipinski definition) is 1. The van der Waals surface area contributed by atoms with Crippen LogP contribution >= 0.6 is 0 Å². The number of methoxy groups -OCH3 is 1. The van der Waals surface area contributed by atoms with Crippen molar-refractivity contribution in [3.63, 3.8) is 0 Å². The smallest absolute Gasteiger partial charge is 0.246 e. The summed E-state index contributed by atoms with van der Waals surface area (Å²) < 4.78 is 46.8. The molecule has 0 aliphatic carbocycles. The number of benzene rings is 2. The van der Waals surface area contributed by atoms with Gasteiger partial charge in [0.05, 0.1) is 12.6 Å². The fraction of sp³-hybridized carbons (Fsp3) is 0.300. The van der Waals surface area contributed by atoms with Crippen LogP contribution < -0.4 is 10.1 Å². The molecule has 1 saturated heterocycles. The molecule has 1 aromatic heterocycles. The number of anilines is 2. The molecule has 9 heteroatoms. The molecular formula is C20H21FN4O3S. The lowest BCUT2D eigenvalue weighted by Crippen LogP contribution is -2.35. The van der Waals surface area contributed by atoms with E-state index in [0.717, 1.165) is 19.3 Å². The molecule has 0 bridgehead atoms. The van der Waals surface area contributed by atoms with Crippen LogP contribution in [-0.2, 0) is 10.0 Å². The molecule has 0 unspecified atom stereocenters. The largest absolute Gasteiger partial charge is 0.495 e. The Morgan fingerprint density at radius 2 is 1.86 bits per heavy atom. The number of aromatic nitrogens is 2. The Morgan fingerprint density at radius 1 is 1.07 bits per heavy atom. The van der Waals surface area contributed by atoms with Crippen LogP contribution in [0.15, 0.2) is 47.6 Å². The summed E-state index contributed by atoms with van der Waals surface area (Å²) in [5.74, 6) is 0.263. The standard InChI is InChI=1S/C20H21FN4O3S/c1-28-18-8-6-15(12-19(18)29(26,27)25-9-3-2-4-10-25)24-20-16-11-14(21)5-7-17(16)22-13-23-20/h5-8,11-13H,2-4,9-10H2,1H3,(H,22,23,24). The predicted octanol–water partition coefficient (Wildman–Crippen LogP) is 3.70. The molecular weight excluding hydrogens is 395 g/mol. The summed E-state index contributed by atoms with van der Waals surface area (Å²) in [5, 5.41) is 3.59. The minimum absolute atomic E-state index is 0.0939. The second kappa shape index (κ2) is 7.92. The Hall–Kier alpha value is -2.78. The molecule has 29 heavy (non-hydrogen) atoms. The van der Waals surface area contributed by atoms with Gasteiger partial charge in [-0.3, -0.25) is 0 Å². The van der Waals surface area contributed by atoms with E-state index in [0.29, 0.717) is 35.5 Å².